The monoisotopic (exact) mass is 318 g/mol. The highest BCUT2D eigenvalue weighted by Gasteiger charge is 2.93. The van der Waals surface area contributed by atoms with Crippen molar-refractivity contribution in [1.29, 1.82) is 0 Å². The number of esters is 1. The van der Waals surface area contributed by atoms with Crippen LogP contribution in [0.15, 0.2) is 30.3 Å². The number of carbonyl (C=O) groups is 1. The Labute approximate surface area is 133 Å². The molecule has 122 valence electrons. The van der Waals surface area contributed by atoms with E-state index in [0.29, 0.717) is 12.0 Å². The molecule has 0 spiro atoms. The molecule has 0 radical (unpaired) electrons. The van der Waals surface area contributed by atoms with Gasteiger partial charge in [-0.15, -0.1) is 0 Å². The highest BCUT2D eigenvalue weighted by molar-refractivity contribution is 5.89. The molecule has 23 heavy (non-hydrogen) atoms. The first-order valence-corrected chi connectivity index (χ1v) is 7.87. The fraction of sp³-hybridized carbons (Fsp3) is 0.588. The zero-order valence-corrected chi connectivity index (χ0v) is 12.7. The van der Waals surface area contributed by atoms with E-state index in [1.54, 1.807) is 31.2 Å². The Bertz CT molecular complexity index is 706. The van der Waals surface area contributed by atoms with Gasteiger partial charge in [-0.1, -0.05) is 18.2 Å². The molecule has 3 saturated heterocycles. The van der Waals surface area contributed by atoms with Crippen LogP contribution in [0.5, 0.6) is 0 Å². The van der Waals surface area contributed by atoms with E-state index in [2.05, 4.69) is 0 Å². The molecule has 1 aromatic rings. The maximum Gasteiger partial charge on any atom is 0.338 e. The number of hydrogen-bond donors (Lipinski definition) is 2. The Morgan fingerprint density at radius 1 is 1.30 bits per heavy atom. The van der Waals surface area contributed by atoms with Crippen LogP contribution < -0.4 is 0 Å². The molecule has 6 nitrogen and oxygen atoms in total. The standard InChI is InChI=1S/C17H18O6/c1-14-8-16(19)11-7-17(14,20)15(11,13(22-14)23-16)9-21-12(18)10-5-3-2-4-6-10/h2-6,11,13,19-20H,7-9H2,1H3/t11-,13-,14+,15+,16-,17+/m1/s1. The highest BCUT2D eigenvalue weighted by atomic mass is 16.8. The molecule has 6 heteroatoms. The summed E-state index contributed by atoms with van der Waals surface area (Å²) < 4.78 is 17.0. The molecule has 6 atom stereocenters. The molecule has 3 heterocycles. The van der Waals surface area contributed by atoms with Crippen molar-refractivity contribution in [2.75, 3.05) is 6.61 Å². The van der Waals surface area contributed by atoms with E-state index in [4.69, 9.17) is 14.2 Å². The van der Waals surface area contributed by atoms with Crippen molar-refractivity contribution in [1.82, 2.24) is 0 Å². The highest BCUT2D eigenvalue weighted by Crippen LogP contribution is 2.80. The summed E-state index contributed by atoms with van der Waals surface area (Å²) in [6.07, 6.45) is -0.0932. The quantitative estimate of drug-likeness (QED) is 0.803. The predicted octanol–water partition coefficient (Wildman–Crippen LogP) is 0.818. The molecule has 3 aliphatic carbocycles. The van der Waals surface area contributed by atoms with E-state index in [1.807, 2.05) is 6.07 Å². The van der Waals surface area contributed by atoms with Gasteiger partial charge in [-0.2, -0.15) is 0 Å². The van der Waals surface area contributed by atoms with Crippen molar-refractivity contribution in [3.63, 3.8) is 0 Å². The Morgan fingerprint density at radius 2 is 2.04 bits per heavy atom. The minimum Gasteiger partial charge on any atom is -0.461 e. The van der Waals surface area contributed by atoms with Gasteiger partial charge in [0.1, 0.15) is 17.8 Å². The lowest BCUT2D eigenvalue weighted by atomic mass is 9.41. The van der Waals surface area contributed by atoms with Gasteiger partial charge < -0.3 is 24.4 Å². The number of hydrogen-bond acceptors (Lipinski definition) is 6. The second-order valence-corrected chi connectivity index (χ2v) is 7.42. The number of benzene rings is 1. The number of aliphatic hydroxyl groups is 2. The van der Waals surface area contributed by atoms with Gasteiger partial charge in [-0.3, -0.25) is 0 Å². The lowest BCUT2D eigenvalue weighted by Gasteiger charge is -2.65. The van der Waals surface area contributed by atoms with Gasteiger partial charge in [0, 0.05) is 12.3 Å². The van der Waals surface area contributed by atoms with E-state index < -0.39 is 34.7 Å². The summed E-state index contributed by atoms with van der Waals surface area (Å²) in [5.74, 6) is -2.02. The lowest BCUT2D eigenvalue weighted by molar-refractivity contribution is -0.384. The van der Waals surface area contributed by atoms with Crippen LogP contribution in [0.2, 0.25) is 0 Å². The summed E-state index contributed by atoms with van der Waals surface area (Å²) in [5, 5.41) is 21.8. The zero-order valence-electron chi connectivity index (χ0n) is 12.7. The predicted molar refractivity (Wildman–Crippen MR) is 76.1 cm³/mol. The minimum atomic E-state index is -1.29. The summed E-state index contributed by atoms with van der Waals surface area (Å²) in [5.41, 5.74) is -2.42. The van der Waals surface area contributed by atoms with Crippen LogP contribution in [0.4, 0.5) is 0 Å². The van der Waals surface area contributed by atoms with Gasteiger partial charge in [0.05, 0.1) is 11.0 Å². The van der Waals surface area contributed by atoms with Crippen molar-refractivity contribution in [3.8, 4) is 0 Å². The van der Waals surface area contributed by atoms with Crippen LogP contribution in [-0.2, 0) is 14.2 Å². The van der Waals surface area contributed by atoms with Crippen molar-refractivity contribution < 1.29 is 29.2 Å². The Hall–Kier alpha value is -1.47. The fourth-order valence-corrected chi connectivity index (χ4v) is 5.26. The van der Waals surface area contributed by atoms with Gasteiger partial charge in [0.25, 0.3) is 0 Å². The Balaban J connectivity index is 1.45. The van der Waals surface area contributed by atoms with Crippen molar-refractivity contribution >= 4 is 5.97 Å². The fourth-order valence-electron chi connectivity index (χ4n) is 5.26. The van der Waals surface area contributed by atoms with E-state index in [-0.39, 0.29) is 18.9 Å². The third-order valence-electron chi connectivity index (χ3n) is 6.45. The Morgan fingerprint density at radius 3 is 2.78 bits per heavy atom. The van der Waals surface area contributed by atoms with Crippen LogP contribution in [0.1, 0.15) is 30.1 Å². The molecule has 7 rings (SSSR count). The number of carbonyl (C=O) groups excluding carboxylic acids is 1. The van der Waals surface area contributed by atoms with Gasteiger partial charge in [0.15, 0.2) is 12.1 Å². The largest absolute Gasteiger partial charge is 0.461 e. The van der Waals surface area contributed by atoms with Crippen LogP contribution >= 0.6 is 0 Å². The lowest BCUT2D eigenvalue weighted by Crippen LogP contribution is -2.78. The normalized spacial score (nSPS) is 51.6. The van der Waals surface area contributed by atoms with Crippen LogP contribution in [0.3, 0.4) is 0 Å². The maximum absolute atomic E-state index is 12.2. The molecule has 3 aliphatic heterocycles. The first kappa shape index (κ1) is 13.9. The topological polar surface area (TPSA) is 85.2 Å². The summed E-state index contributed by atoms with van der Waals surface area (Å²) in [6, 6.07) is 8.70. The molecule has 6 fully saturated rings. The van der Waals surface area contributed by atoms with Crippen molar-refractivity contribution in [2.45, 2.75) is 43.0 Å². The minimum absolute atomic E-state index is 0.0234. The first-order valence-electron chi connectivity index (χ1n) is 7.87. The summed E-state index contributed by atoms with van der Waals surface area (Å²) >= 11 is 0. The van der Waals surface area contributed by atoms with E-state index in [1.165, 1.54) is 0 Å². The van der Waals surface area contributed by atoms with Gasteiger partial charge >= 0.3 is 5.97 Å². The molecular formula is C17H18O6. The van der Waals surface area contributed by atoms with Crippen molar-refractivity contribution in [2.24, 2.45) is 11.3 Å². The molecule has 6 bridgehead atoms. The zero-order chi connectivity index (χ0) is 16.1. The third kappa shape index (κ3) is 1.30. The molecule has 2 N–H and O–H groups in total. The molecule has 3 saturated carbocycles. The Kier molecular flexibility index (Phi) is 2.29. The second kappa shape index (κ2) is 3.78. The molecule has 0 aromatic heterocycles. The average molecular weight is 318 g/mol. The number of ether oxygens (including phenoxy) is 3. The summed E-state index contributed by atoms with van der Waals surface area (Å²) in [7, 11) is 0. The molecular weight excluding hydrogens is 300 g/mol. The molecule has 1 aromatic carbocycles. The molecule has 6 aliphatic rings. The molecule has 0 unspecified atom stereocenters. The van der Waals surface area contributed by atoms with Crippen molar-refractivity contribution in [3.05, 3.63) is 35.9 Å². The van der Waals surface area contributed by atoms with Gasteiger partial charge in [-0.05, 0) is 25.5 Å². The van der Waals surface area contributed by atoms with Crippen LogP contribution in [0, 0.1) is 11.3 Å². The third-order valence-corrected chi connectivity index (χ3v) is 6.45. The number of rotatable bonds is 3. The molecule has 0 amide bonds. The average Bonchev–Trinajstić information content (AvgIpc) is 2.70. The van der Waals surface area contributed by atoms with E-state index in [9.17, 15) is 15.0 Å². The van der Waals surface area contributed by atoms with Gasteiger partial charge in [0.2, 0.25) is 0 Å². The van der Waals surface area contributed by atoms with E-state index in [0.717, 1.165) is 0 Å². The first-order chi connectivity index (χ1) is 10.8. The maximum atomic E-state index is 12.2. The smallest absolute Gasteiger partial charge is 0.338 e. The van der Waals surface area contributed by atoms with Gasteiger partial charge in [-0.25, -0.2) is 4.79 Å². The second-order valence-electron chi connectivity index (χ2n) is 7.42. The summed E-state index contributed by atoms with van der Waals surface area (Å²) in [4.78, 5) is 12.2. The summed E-state index contributed by atoms with van der Waals surface area (Å²) in [6.45, 7) is 1.77. The van der Waals surface area contributed by atoms with Crippen LogP contribution in [0.25, 0.3) is 0 Å². The van der Waals surface area contributed by atoms with Crippen LogP contribution in [-0.4, -0.2) is 46.1 Å². The van der Waals surface area contributed by atoms with E-state index >= 15 is 0 Å². The SMILES string of the molecule is C[C@@]12C[C@@]3(O)O[C@@H](O1)[C@]1(COC(=O)c4ccccc4)[C@H]3C[C@@]12O.